The number of carboxylic acids is 1. The molecule has 0 aromatic rings. The van der Waals surface area contributed by atoms with Gasteiger partial charge in [0.05, 0.1) is 25.6 Å². The predicted octanol–water partition coefficient (Wildman–Crippen LogP) is -0.225. The molecule has 0 aliphatic heterocycles. The summed E-state index contributed by atoms with van der Waals surface area (Å²) in [5.41, 5.74) is 0. The van der Waals surface area contributed by atoms with Crippen molar-refractivity contribution >= 4 is 11.9 Å². The molecule has 0 saturated carbocycles. The quantitative estimate of drug-likeness (QED) is 0.621. The summed E-state index contributed by atoms with van der Waals surface area (Å²) in [5, 5.41) is 17.1. The predicted molar refractivity (Wildman–Crippen MR) is 39.5 cm³/mol. The Bertz CT molecular complexity index is 170. The fraction of sp³-hybridized carbons (Fsp3) is 0.714. The van der Waals surface area contributed by atoms with E-state index in [9.17, 15) is 9.59 Å². The molecule has 2 N–H and O–H groups in total. The minimum Gasteiger partial charge on any atom is -0.481 e. The summed E-state index contributed by atoms with van der Waals surface area (Å²) in [6.07, 6.45) is -1.85. The Hall–Kier alpha value is 0.342. The first-order valence-electron chi connectivity index (χ1n) is 3.61. The monoisotopic (exact) mass is 403 g/mol. The maximum Gasteiger partial charge on any atom is 0.308 e. The topological polar surface area (TPSA) is 83.8 Å². The Balaban J connectivity index is 0. The molecule has 0 fully saturated rings. The van der Waals surface area contributed by atoms with Gasteiger partial charge in [-0.2, -0.15) is 0 Å². The van der Waals surface area contributed by atoms with E-state index in [4.69, 9.17) is 10.2 Å². The molecule has 5 nitrogen and oxygen atoms in total. The molecule has 1 unspecified atom stereocenters. The molecule has 1 atom stereocenters. The molecule has 0 bridgehead atoms. The van der Waals surface area contributed by atoms with Crippen LogP contribution in [-0.2, 0) is 14.3 Å². The van der Waals surface area contributed by atoms with E-state index < -0.39 is 24.5 Å². The number of esters is 1. The SMILES string of the molecule is CCOC(=O)CC(O)CC(=O)O.[Ac]. The Morgan fingerprint density at radius 1 is 1.38 bits per heavy atom. The van der Waals surface area contributed by atoms with Crippen molar-refractivity contribution in [2.45, 2.75) is 25.9 Å². The van der Waals surface area contributed by atoms with Crippen LogP contribution in [0.1, 0.15) is 19.8 Å². The van der Waals surface area contributed by atoms with Crippen LogP contribution in [0.25, 0.3) is 0 Å². The molecule has 73 valence electrons. The van der Waals surface area contributed by atoms with Crippen LogP contribution in [0, 0.1) is 44.1 Å². The number of aliphatic hydroxyl groups is 1. The number of ether oxygens (including phenoxy) is 1. The molecule has 13 heavy (non-hydrogen) atoms. The number of rotatable bonds is 5. The van der Waals surface area contributed by atoms with Crippen molar-refractivity contribution in [3.8, 4) is 0 Å². The zero-order valence-electron chi connectivity index (χ0n) is 7.40. The van der Waals surface area contributed by atoms with Gasteiger partial charge in [0.15, 0.2) is 0 Å². The van der Waals surface area contributed by atoms with Gasteiger partial charge < -0.3 is 14.9 Å². The molecule has 0 spiro atoms. The van der Waals surface area contributed by atoms with Crippen molar-refractivity contribution < 1.29 is 68.6 Å². The van der Waals surface area contributed by atoms with Crippen LogP contribution in [0.5, 0.6) is 0 Å². The Morgan fingerprint density at radius 3 is 2.31 bits per heavy atom. The third-order valence-electron chi connectivity index (χ3n) is 1.12. The van der Waals surface area contributed by atoms with Crippen molar-refractivity contribution in [2.24, 2.45) is 0 Å². The van der Waals surface area contributed by atoms with E-state index in [-0.39, 0.29) is 57.1 Å². The molecule has 0 heterocycles. The van der Waals surface area contributed by atoms with Crippen molar-refractivity contribution in [3.63, 3.8) is 0 Å². The molecule has 0 rings (SSSR count). The number of carboxylic acid groups (broad SMARTS) is 1. The van der Waals surface area contributed by atoms with E-state index in [1.807, 2.05) is 0 Å². The summed E-state index contributed by atoms with van der Waals surface area (Å²) < 4.78 is 4.50. The third kappa shape index (κ3) is 10.3. The largest absolute Gasteiger partial charge is 0.481 e. The second kappa shape index (κ2) is 8.92. The van der Waals surface area contributed by atoms with Gasteiger partial charge in [-0.25, -0.2) is 0 Å². The molecule has 0 amide bonds. The van der Waals surface area contributed by atoms with E-state index in [0.29, 0.717) is 0 Å². The van der Waals surface area contributed by atoms with E-state index in [1.165, 1.54) is 0 Å². The van der Waals surface area contributed by atoms with Gasteiger partial charge >= 0.3 is 11.9 Å². The minimum atomic E-state index is -1.15. The average Bonchev–Trinajstić information content (AvgIpc) is 1.84. The fourth-order valence-corrected chi connectivity index (χ4v) is 0.686. The van der Waals surface area contributed by atoms with Crippen molar-refractivity contribution in [1.82, 2.24) is 0 Å². The number of carbonyl (C=O) groups excluding carboxylic acids is 1. The molecule has 0 aromatic heterocycles. The molecule has 0 saturated heterocycles. The van der Waals surface area contributed by atoms with Gasteiger partial charge in [-0.15, -0.1) is 0 Å². The summed E-state index contributed by atoms with van der Waals surface area (Å²) in [4.78, 5) is 20.7. The number of aliphatic hydroxyl groups excluding tert-OH is 1. The number of aliphatic carboxylic acids is 1. The first-order chi connectivity index (χ1) is 5.56. The van der Waals surface area contributed by atoms with E-state index in [0.717, 1.165) is 0 Å². The Labute approximate surface area is 112 Å². The molecular formula is C7H12AcO5. The van der Waals surface area contributed by atoms with Gasteiger partial charge in [0.25, 0.3) is 0 Å². The van der Waals surface area contributed by atoms with E-state index >= 15 is 0 Å². The van der Waals surface area contributed by atoms with Gasteiger partial charge in [-0.3, -0.25) is 9.59 Å². The van der Waals surface area contributed by atoms with Crippen molar-refractivity contribution in [3.05, 3.63) is 0 Å². The first-order valence-corrected chi connectivity index (χ1v) is 3.61. The van der Waals surface area contributed by atoms with Crippen molar-refractivity contribution in [2.75, 3.05) is 6.61 Å². The van der Waals surface area contributed by atoms with Crippen LogP contribution in [-0.4, -0.2) is 34.9 Å². The minimum absolute atomic E-state index is 0. The summed E-state index contributed by atoms with van der Waals surface area (Å²) in [6.45, 7) is 1.88. The molecular weight excluding hydrogens is 391 g/mol. The molecule has 6 heteroatoms. The molecule has 0 aromatic carbocycles. The van der Waals surface area contributed by atoms with Gasteiger partial charge in [0, 0.05) is 44.1 Å². The summed E-state index contributed by atoms with van der Waals surface area (Å²) in [7, 11) is 0. The van der Waals surface area contributed by atoms with Crippen molar-refractivity contribution in [1.29, 1.82) is 0 Å². The second-order valence-electron chi connectivity index (χ2n) is 2.26. The molecule has 1 radical (unpaired) electrons. The normalized spacial score (nSPS) is 11.2. The average molecular weight is 403 g/mol. The van der Waals surface area contributed by atoms with Crippen LogP contribution in [0.2, 0.25) is 0 Å². The number of carbonyl (C=O) groups is 2. The molecule has 0 aliphatic rings. The maximum atomic E-state index is 10.7. The van der Waals surface area contributed by atoms with Gasteiger partial charge in [-0.1, -0.05) is 0 Å². The standard InChI is InChI=1S/C7H12O5.Ac/c1-2-12-7(11)4-5(8)3-6(9)10;/h5,8H,2-4H2,1H3,(H,9,10);. The number of hydrogen-bond donors (Lipinski definition) is 2. The van der Waals surface area contributed by atoms with Crippen LogP contribution in [0.15, 0.2) is 0 Å². The smallest absolute Gasteiger partial charge is 0.308 e. The second-order valence-corrected chi connectivity index (χ2v) is 2.26. The molecule has 0 aliphatic carbocycles. The maximum absolute atomic E-state index is 10.7. The Morgan fingerprint density at radius 2 is 1.92 bits per heavy atom. The van der Waals surface area contributed by atoms with E-state index in [1.54, 1.807) is 6.92 Å². The Kier molecular flexibility index (Phi) is 10.8. The van der Waals surface area contributed by atoms with Crippen LogP contribution in [0.4, 0.5) is 0 Å². The van der Waals surface area contributed by atoms with Gasteiger partial charge in [0.2, 0.25) is 0 Å². The van der Waals surface area contributed by atoms with Gasteiger partial charge in [-0.05, 0) is 6.92 Å². The zero-order valence-corrected chi connectivity index (χ0v) is 12.1. The number of hydrogen-bond acceptors (Lipinski definition) is 4. The first kappa shape index (κ1) is 15.8. The summed E-state index contributed by atoms with van der Waals surface area (Å²) in [6, 6.07) is 0. The van der Waals surface area contributed by atoms with Crippen LogP contribution in [0.3, 0.4) is 0 Å². The van der Waals surface area contributed by atoms with Crippen LogP contribution >= 0.6 is 0 Å². The van der Waals surface area contributed by atoms with E-state index in [2.05, 4.69) is 4.74 Å². The zero-order chi connectivity index (χ0) is 9.56. The fourth-order valence-electron chi connectivity index (χ4n) is 0.686. The van der Waals surface area contributed by atoms with Crippen LogP contribution < -0.4 is 0 Å². The summed E-state index contributed by atoms with van der Waals surface area (Å²) in [5.74, 6) is -1.71. The summed E-state index contributed by atoms with van der Waals surface area (Å²) >= 11 is 0. The third-order valence-corrected chi connectivity index (χ3v) is 1.12. The van der Waals surface area contributed by atoms with Gasteiger partial charge in [0.1, 0.15) is 0 Å².